The van der Waals surface area contributed by atoms with Crippen LogP contribution in [0.2, 0.25) is 0 Å². The number of ether oxygens (including phenoxy) is 1. The molecule has 1 rings (SSSR count). The summed E-state index contributed by atoms with van der Waals surface area (Å²) in [7, 11) is 0. The third kappa shape index (κ3) is 5.84. The molecule has 3 atom stereocenters. The molecule has 0 saturated carbocycles. The van der Waals surface area contributed by atoms with E-state index in [0.29, 0.717) is 18.7 Å². The lowest BCUT2D eigenvalue weighted by molar-refractivity contribution is -0.0112. The second-order valence-corrected chi connectivity index (χ2v) is 5.63. The average Bonchev–Trinajstić information content (AvgIpc) is 2.28. The second kappa shape index (κ2) is 7.34. The van der Waals surface area contributed by atoms with Gasteiger partial charge in [0.2, 0.25) is 0 Å². The largest absolute Gasteiger partial charge is 0.389 e. The Bertz CT molecular complexity index is 204. The Morgan fingerprint density at radius 1 is 1.35 bits per heavy atom. The van der Waals surface area contributed by atoms with Gasteiger partial charge in [0, 0.05) is 19.2 Å². The van der Waals surface area contributed by atoms with Crippen LogP contribution >= 0.6 is 0 Å². The zero-order valence-corrected chi connectivity index (χ0v) is 11.7. The molecule has 1 saturated heterocycles. The molecule has 17 heavy (non-hydrogen) atoms. The molecule has 0 aliphatic carbocycles. The molecule has 0 aromatic carbocycles. The first kappa shape index (κ1) is 14.9. The summed E-state index contributed by atoms with van der Waals surface area (Å²) in [6, 6.07) is 0.517. The van der Waals surface area contributed by atoms with Crippen LogP contribution < -0.4 is 5.32 Å². The van der Waals surface area contributed by atoms with Gasteiger partial charge in [-0.05, 0) is 32.6 Å². The summed E-state index contributed by atoms with van der Waals surface area (Å²) in [6.07, 6.45) is 6.82. The van der Waals surface area contributed by atoms with Crippen molar-refractivity contribution in [2.75, 3.05) is 13.2 Å². The normalized spacial score (nSPS) is 28.9. The van der Waals surface area contributed by atoms with Gasteiger partial charge in [0.15, 0.2) is 0 Å². The monoisotopic (exact) mass is 243 g/mol. The Labute approximate surface area is 106 Å². The number of rotatable bonds is 7. The van der Waals surface area contributed by atoms with Crippen LogP contribution in [0.25, 0.3) is 0 Å². The van der Waals surface area contributed by atoms with Gasteiger partial charge < -0.3 is 15.2 Å². The minimum atomic E-state index is -0.562. The predicted octanol–water partition coefficient (Wildman–Crippen LogP) is 2.47. The Hall–Kier alpha value is -0.120. The third-order valence-electron chi connectivity index (χ3n) is 3.54. The number of nitrogens with one attached hydrogen (secondary N) is 1. The molecule has 0 spiro atoms. The van der Waals surface area contributed by atoms with Crippen LogP contribution in [0.3, 0.4) is 0 Å². The molecule has 3 heteroatoms. The molecule has 3 unspecified atom stereocenters. The Balaban J connectivity index is 2.26. The summed E-state index contributed by atoms with van der Waals surface area (Å²) in [4.78, 5) is 0. The standard InChI is InChI=1S/C14H29NO2/c1-4-6-13-10-12(7-9-17-13)15-11-14(3,16)8-5-2/h12-13,15-16H,4-11H2,1-3H3. The average molecular weight is 243 g/mol. The minimum absolute atomic E-state index is 0.419. The van der Waals surface area contributed by atoms with E-state index in [0.717, 1.165) is 38.7 Å². The third-order valence-corrected chi connectivity index (χ3v) is 3.54. The highest BCUT2D eigenvalue weighted by molar-refractivity contribution is 4.81. The first-order valence-corrected chi connectivity index (χ1v) is 7.14. The summed E-state index contributed by atoms with van der Waals surface area (Å²) < 4.78 is 5.73. The van der Waals surface area contributed by atoms with Gasteiger partial charge >= 0.3 is 0 Å². The van der Waals surface area contributed by atoms with Gasteiger partial charge in [-0.1, -0.05) is 26.7 Å². The van der Waals surface area contributed by atoms with Gasteiger partial charge in [-0.2, -0.15) is 0 Å². The Kier molecular flexibility index (Phi) is 6.45. The van der Waals surface area contributed by atoms with Crippen LogP contribution in [0.15, 0.2) is 0 Å². The highest BCUT2D eigenvalue weighted by Crippen LogP contribution is 2.19. The maximum atomic E-state index is 10.1. The van der Waals surface area contributed by atoms with Crippen molar-refractivity contribution in [3.63, 3.8) is 0 Å². The van der Waals surface area contributed by atoms with Crippen LogP contribution in [0.5, 0.6) is 0 Å². The van der Waals surface area contributed by atoms with E-state index in [2.05, 4.69) is 19.2 Å². The molecule has 0 amide bonds. The van der Waals surface area contributed by atoms with E-state index in [4.69, 9.17) is 4.74 Å². The van der Waals surface area contributed by atoms with Gasteiger partial charge in [0.05, 0.1) is 11.7 Å². The van der Waals surface area contributed by atoms with Crippen molar-refractivity contribution in [2.45, 2.75) is 77.0 Å². The SMILES string of the molecule is CCCC1CC(NCC(C)(O)CCC)CCO1. The lowest BCUT2D eigenvalue weighted by Gasteiger charge is -2.33. The molecular formula is C14H29NO2. The van der Waals surface area contributed by atoms with Crippen molar-refractivity contribution in [3.8, 4) is 0 Å². The van der Waals surface area contributed by atoms with Crippen LogP contribution in [0.4, 0.5) is 0 Å². The molecule has 1 aliphatic heterocycles. The van der Waals surface area contributed by atoms with Crippen molar-refractivity contribution in [1.29, 1.82) is 0 Å². The maximum Gasteiger partial charge on any atom is 0.0743 e. The molecule has 0 aromatic heterocycles. The maximum absolute atomic E-state index is 10.1. The van der Waals surface area contributed by atoms with Gasteiger partial charge in [-0.15, -0.1) is 0 Å². The van der Waals surface area contributed by atoms with Gasteiger partial charge in [-0.3, -0.25) is 0 Å². The number of aliphatic hydroxyl groups is 1. The topological polar surface area (TPSA) is 41.5 Å². The van der Waals surface area contributed by atoms with E-state index in [1.807, 2.05) is 6.92 Å². The van der Waals surface area contributed by atoms with Crippen LogP contribution in [0, 0.1) is 0 Å². The second-order valence-electron chi connectivity index (χ2n) is 5.63. The first-order valence-electron chi connectivity index (χ1n) is 7.14. The van der Waals surface area contributed by atoms with E-state index in [1.165, 1.54) is 6.42 Å². The van der Waals surface area contributed by atoms with Crippen LogP contribution in [0.1, 0.15) is 59.3 Å². The minimum Gasteiger partial charge on any atom is -0.389 e. The lowest BCUT2D eigenvalue weighted by atomic mass is 9.97. The van der Waals surface area contributed by atoms with Crippen molar-refractivity contribution in [2.24, 2.45) is 0 Å². The molecule has 1 heterocycles. The van der Waals surface area contributed by atoms with Crippen molar-refractivity contribution < 1.29 is 9.84 Å². The molecule has 0 radical (unpaired) electrons. The Morgan fingerprint density at radius 2 is 2.12 bits per heavy atom. The molecule has 1 fully saturated rings. The van der Waals surface area contributed by atoms with E-state index in [1.54, 1.807) is 0 Å². The number of hydrogen-bond donors (Lipinski definition) is 2. The summed E-state index contributed by atoms with van der Waals surface area (Å²) in [5.41, 5.74) is -0.562. The summed E-state index contributed by atoms with van der Waals surface area (Å²) in [5.74, 6) is 0. The van der Waals surface area contributed by atoms with E-state index in [-0.39, 0.29) is 0 Å². The zero-order valence-electron chi connectivity index (χ0n) is 11.7. The van der Waals surface area contributed by atoms with E-state index < -0.39 is 5.60 Å². The highest BCUT2D eigenvalue weighted by Gasteiger charge is 2.25. The van der Waals surface area contributed by atoms with Crippen LogP contribution in [-0.4, -0.2) is 36.0 Å². The molecular weight excluding hydrogens is 214 g/mol. The van der Waals surface area contributed by atoms with Gasteiger partial charge in [0.1, 0.15) is 0 Å². The Morgan fingerprint density at radius 3 is 2.76 bits per heavy atom. The van der Waals surface area contributed by atoms with Gasteiger partial charge in [0.25, 0.3) is 0 Å². The lowest BCUT2D eigenvalue weighted by Crippen LogP contribution is -2.46. The molecule has 0 aromatic rings. The molecule has 3 nitrogen and oxygen atoms in total. The predicted molar refractivity (Wildman–Crippen MR) is 71.2 cm³/mol. The van der Waals surface area contributed by atoms with E-state index >= 15 is 0 Å². The van der Waals surface area contributed by atoms with Crippen molar-refractivity contribution >= 4 is 0 Å². The quantitative estimate of drug-likeness (QED) is 0.722. The summed E-state index contributed by atoms with van der Waals surface area (Å²) in [6.45, 7) is 7.79. The molecule has 102 valence electrons. The fourth-order valence-electron chi connectivity index (χ4n) is 2.58. The fourth-order valence-corrected chi connectivity index (χ4v) is 2.58. The first-order chi connectivity index (χ1) is 8.07. The van der Waals surface area contributed by atoms with Gasteiger partial charge in [-0.25, -0.2) is 0 Å². The zero-order chi connectivity index (χ0) is 12.7. The molecule has 0 bridgehead atoms. The highest BCUT2D eigenvalue weighted by atomic mass is 16.5. The smallest absolute Gasteiger partial charge is 0.0743 e. The van der Waals surface area contributed by atoms with Crippen molar-refractivity contribution in [1.82, 2.24) is 5.32 Å². The number of hydrogen-bond acceptors (Lipinski definition) is 3. The molecule has 1 aliphatic rings. The molecule has 2 N–H and O–H groups in total. The summed E-state index contributed by atoms with van der Waals surface area (Å²) in [5, 5.41) is 13.6. The van der Waals surface area contributed by atoms with E-state index in [9.17, 15) is 5.11 Å². The fraction of sp³-hybridized carbons (Fsp3) is 1.00. The summed E-state index contributed by atoms with van der Waals surface area (Å²) >= 11 is 0. The van der Waals surface area contributed by atoms with Crippen LogP contribution in [-0.2, 0) is 4.74 Å². The van der Waals surface area contributed by atoms with Crippen molar-refractivity contribution in [3.05, 3.63) is 0 Å².